The number of hydrogen-bond acceptors (Lipinski definition) is 7. The second-order valence-electron chi connectivity index (χ2n) is 6.81. The number of furan rings is 1. The zero-order valence-electron chi connectivity index (χ0n) is 15.1. The van der Waals surface area contributed by atoms with Crippen LogP contribution in [0.25, 0.3) is 4.96 Å². The van der Waals surface area contributed by atoms with Gasteiger partial charge in [0, 0.05) is 32.3 Å². The molecule has 0 radical (unpaired) electrons. The lowest BCUT2D eigenvalue weighted by molar-refractivity contribution is 0.0951. The van der Waals surface area contributed by atoms with Crippen LogP contribution >= 0.6 is 11.3 Å². The van der Waals surface area contributed by atoms with Gasteiger partial charge in [-0.25, -0.2) is 4.98 Å². The predicted molar refractivity (Wildman–Crippen MR) is 102 cm³/mol. The van der Waals surface area contributed by atoms with E-state index >= 15 is 0 Å². The van der Waals surface area contributed by atoms with E-state index in [9.17, 15) is 9.59 Å². The Bertz CT molecular complexity index is 986. The molecule has 4 heterocycles. The van der Waals surface area contributed by atoms with Crippen LogP contribution in [0.3, 0.4) is 0 Å². The van der Waals surface area contributed by atoms with Gasteiger partial charge >= 0.3 is 0 Å². The fraction of sp³-hybridized carbons (Fsp3) is 0.444. The fourth-order valence-corrected chi connectivity index (χ4v) is 4.02. The van der Waals surface area contributed by atoms with E-state index in [-0.39, 0.29) is 5.56 Å². The van der Waals surface area contributed by atoms with Gasteiger partial charge < -0.3 is 14.6 Å². The maximum atomic E-state index is 12.7. The van der Waals surface area contributed by atoms with Crippen LogP contribution in [0.5, 0.6) is 0 Å². The van der Waals surface area contributed by atoms with Crippen LogP contribution in [-0.4, -0.2) is 40.1 Å². The molecule has 3 aromatic rings. The van der Waals surface area contributed by atoms with Gasteiger partial charge in [0.25, 0.3) is 11.5 Å². The topological polar surface area (TPSA) is 92.7 Å². The lowest BCUT2D eigenvalue weighted by atomic mass is 10.00. The zero-order chi connectivity index (χ0) is 18.8. The Morgan fingerprint density at radius 1 is 1.41 bits per heavy atom. The van der Waals surface area contributed by atoms with Crippen molar-refractivity contribution in [1.29, 1.82) is 0 Å². The maximum absolute atomic E-state index is 12.7. The number of anilines is 1. The molecule has 1 aliphatic rings. The molecule has 0 aromatic carbocycles. The first-order chi connectivity index (χ1) is 13.1. The Morgan fingerprint density at radius 3 is 2.96 bits per heavy atom. The van der Waals surface area contributed by atoms with Crippen LogP contribution in [0.15, 0.2) is 33.8 Å². The fourth-order valence-electron chi connectivity index (χ4n) is 3.11. The van der Waals surface area contributed by atoms with Crippen LogP contribution in [0.1, 0.15) is 35.9 Å². The van der Waals surface area contributed by atoms with Crippen molar-refractivity contribution in [1.82, 2.24) is 19.9 Å². The number of nitrogens with one attached hydrogen (secondary N) is 1. The highest BCUT2D eigenvalue weighted by atomic mass is 32.1. The lowest BCUT2D eigenvalue weighted by Crippen LogP contribution is -2.34. The SMILES string of the molecule is CC1CCN(c2nn3c(=O)c(C(=O)NCCc4ccco4)cnc3s2)CC1. The molecule has 27 heavy (non-hydrogen) atoms. The van der Waals surface area contributed by atoms with Gasteiger partial charge in [0.15, 0.2) is 0 Å². The van der Waals surface area contributed by atoms with Gasteiger partial charge in [-0.3, -0.25) is 9.59 Å². The van der Waals surface area contributed by atoms with Crippen LogP contribution < -0.4 is 15.8 Å². The van der Waals surface area contributed by atoms with Gasteiger partial charge in [0.05, 0.1) is 6.26 Å². The number of amides is 1. The quantitative estimate of drug-likeness (QED) is 0.719. The molecule has 4 rings (SSSR count). The number of rotatable bonds is 5. The van der Waals surface area contributed by atoms with Gasteiger partial charge in [-0.05, 0) is 30.9 Å². The third-order valence-electron chi connectivity index (χ3n) is 4.81. The van der Waals surface area contributed by atoms with Crippen molar-refractivity contribution >= 4 is 27.3 Å². The molecular formula is C18H21N5O3S. The molecule has 1 aliphatic heterocycles. The second-order valence-corrected chi connectivity index (χ2v) is 7.75. The first kappa shape index (κ1) is 17.7. The minimum Gasteiger partial charge on any atom is -0.469 e. The minimum atomic E-state index is -0.449. The molecule has 9 heteroatoms. The molecule has 0 saturated carbocycles. The maximum Gasteiger partial charge on any atom is 0.288 e. The summed E-state index contributed by atoms with van der Waals surface area (Å²) in [6.07, 6.45) is 5.71. The molecule has 0 aliphatic carbocycles. The van der Waals surface area contributed by atoms with Crippen molar-refractivity contribution in [3.63, 3.8) is 0 Å². The molecule has 1 saturated heterocycles. The van der Waals surface area contributed by atoms with E-state index in [1.165, 1.54) is 22.0 Å². The minimum absolute atomic E-state index is 0.00365. The zero-order valence-corrected chi connectivity index (χ0v) is 15.9. The molecule has 0 bridgehead atoms. The number of carbonyl (C=O) groups is 1. The Hall–Kier alpha value is -2.68. The van der Waals surface area contributed by atoms with Crippen molar-refractivity contribution in [2.24, 2.45) is 5.92 Å². The van der Waals surface area contributed by atoms with E-state index in [4.69, 9.17) is 4.42 Å². The standard InChI is InChI=1S/C18H21N5O3S/c1-12-5-8-22(9-6-12)18-21-23-16(25)14(11-20-17(23)27-18)15(24)19-7-4-13-3-2-10-26-13/h2-3,10-12H,4-9H2,1H3,(H,19,24). The molecule has 1 N–H and O–H groups in total. The summed E-state index contributed by atoms with van der Waals surface area (Å²) in [4.78, 5) is 32.0. The van der Waals surface area contributed by atoms with Crippen molar-refractivity contribution < 1.29 is 9.21 Å². The molecule has 0 unspecified atom stereocenters. The molecule has 0 atom stereocenters. The summed E-state index contributed by atoms with van der Waals surface area (Å²) in [7, 11) is 0. The van der Waals surface area contributed by atoms with Crippen molar-refractivity contribution in [2.75, 3.05) is 24.5 Å². The Kier molecular flexibility index (Phi) is 4.93. The van der Waals surface area contributed by atoms with E-state index in [0.717, 1.165) is 36.8 Å². The second kappa shape index (κ2) is 7.51. The van der Waals surface area contributed by atoms with Crippen LogP contribution in [0, 0.1) is 5.92 Å². The average molecular weight is 387 g/mol. The predicted octanol–water partition coefficient (Wildman–Crippen LogP) is 1.95. The monoisotopic (exact) mass is 387 g/mol. The van der Waals surface area contributed by atoms with Gasteiger partial charge in [-0.1, -0.05) is 18.3 Å². The summed E-state index contributed by atoms with van der Waals surface area (Å²) < 4.78 is 6.46. The number of fused-ring (bicyclic) bond motifs is 1. The van der Waals surface area contributed by atoms with Gasteiger partial charge in [-0.15, -0.1) is 5.10 Å². The van der Waals surface area contributed by atoms with Crippen molar-refractivity contribution in [3.05, 3.63) is 46.3 Å². The van der Waals surface area contributed by atoms with E-state index in [0.29, 0.717) is 23.8 Å². The average Bonchev–Trinajstić information content (AvgIpc) is 3.32. The van der Waals surface area contributed by atoms with Crippen LogP contribution in [-0.2, 0) is 6.42 Å². The molecule has 8 nitrogen and oxygen atoms in total. The first-order valence-corrected chi connectivity index (χ1v) is 9.88. The smallest absolute Gasteiger partial charge is 0.288 e. The van der Waals surface area contributed by atoms with Crippen LogP contribution in [0.2, 0.25) is 0 Å². The van der Waals surface area contributed by atoms with Gasteiger partial charge in [0.1, 0.15) is 11.3 Å². The summed E-state index contributed by atoms with van der Waals surface area (Å²) in [5.41, 5.74) is -0.445. The Balaban J connectivity index is 1.49. The number of piperidine rings is 1. The number of hydrogen-bond donors (Lipinski definition) is 1. The van der Waals surface area contributed by atoms with Crippen molar-refractivity contribution in [3.8, 4) is 0 Å². The number of carbonyl (C=O) groups excluding carboxylic acids is 1. The third kappa shape index (κ3) is 3.73. The van der Waals surface area contributed by atoms with Crippen molar-refractivity contribution in [2.45, 2.75) is 26.2 Å². The molecule has 3 aromatic heterocycles. The molecule has 0 spiro atoms. The third-order valence-corrected chi connectivity index (χ3v) is 5.80. The molecular weight excluding hydrogens is 366 g/mol. The van der Waals surface area contributed by atoms with Crippen LogP contribution in [0.4, 0.5) is 5.13 Å². The van der Waals surface area contributed by atoms with E-state index in [2.05, 4.69) is 27.2 Å². The summed E-state index contributed by atoms with van der Waals surface area (Å²) in [5, 5.41) is 7.93. The molecule has 142 valence electrons. The molecule has 1 fully saturated rings. The highest BCUT2D eigenvalue weighted by Gasteiger charge is 2.21. The normalized spacial score (nSPS) is 15.4. The van der Waals surface area contributed by atoms with Gasteiger partial charge in [0.2, 0.25) is 10.1 Å². The summed E-state index contributed by atoms with van der Waals surface area (Å²) in [6.45, 7) is 4.48. The number of nitrogens with zero attached hydrogens (tertiary/aromatic N) is 4. The first-order valence-electron chi connectivity index (χ1n) is 9.06. The Morgan fingerprint density at radius 2 is 2.22 bits per heavy atom. The largest absolute Gasteiger partial charge is 0.469 e. The van der Waals surface area contributed by atoms with E-state index < -0.39 is 11.5 Å². The highest BCUT2D eigenvalue weighted by Crippen LogP contribution is 2.26. The number of aromatic nitrogens is 3. The summed E-state index contributed by atoms with van der Waals surface area (Å²) in [6, 6.07) is 3.64. The lowest BCUT2D eigenvalue weighted by Gasteiger charge is -2.29. The van der Waals surface area contributed by atoms with E-state index in [1.54, 1.807) is 12.3 Å². The molecule has 1 amide bonds. The highest BCUT2D eigenvalue weighted by molar-refractivity contribution is 7.20. The van der Waals surface area contributed by atoms with Gasteiger partial charge in [-0.2, -0.15) is 4.52 Å². The summed E-state index contributed by atoms with van der Waals surface area (Å²) in [5.74, 6) is 1.04. The summed E-state index contributed by atoms with van der Waals surface area (Å²) >= 11 is 1.38. The van der Waals surface area contributed by atoms with E-state index in [1.807, 2.05) is 6.07 Å². The Labute approximate surface area is 159 Å².